The Balaban J connectivity index is 1.46. The standard InChI is InChI=1S/C18H28N4O4S/c23-15(20-11-16-22-14(12-27-16)17(24)25)9-5-2-6-10-19-18(26)21-13-7-3-1-4-8-13/h12-13H,1-11H2,(H,20,23)(H,24,25)(H2,19,21,26). The number of carbonyl (C=O) groups is 3. The first-order valence-corrected chi connectivity index (χ1v) is 10.4. The average Bonchev–Trinajstić information content (AvgIpc) is 3.13. The number of nitrogens with one attached hydrogen (secondary N) is 3. The second-order valence-electron chi connectivity index (χ2n) is 6.75. The molecule has 1 aliphatic carbocycles. The van der Waals surface area contributed by atoms with Crippen molar-refractivity contribution < 1.29 is 19.5 Å². The number of rotatable bonds is 10. The van der Waals surface area contributed by atoms with Crippen molar-refractivity contribution in [3.8, 4) is 0 Å². The summed E-state index contributed by atoms with van der Waals surface area (Å²) in [5.74, 6) is -1.14. The highest BCUT2D eigenvalue weighted by atomic mass is 32.1. The molecule has 1 aromatic heterocycles. The van der Waals surface area contributed by atoms with Crippen molar-refractivity contribution in [1.82, 2.24) is 20.9 Å². The molecule has 150 valence electrons. The minimum atomic E-state index is -1.06. The number of carbonyl (C=O) groups excluding carboxylic acids is 2. The number of amides is 3. The number of hydrogen-bond acceptors (Lipinski definition) is 5. The largest absolute Gasteiger partial charge is 0.476 e. The van der Waals surface area contributed by atoms with Crippen molar-refractivity contribution in [3.05, 3.63) is 16.1 Å². The second kappa shape index (κ2) is 11.5. The van der Waals surface area contributed by atoms with Crippen LogP contribution < -0.4 is 16.0 Å². The first-order valence-electron chi connectivity index (χ1n) is 9.53. The lowest BCUT2D eigenvalue weighted by Crippen LogP contribution is -2.43. The third kappa shape index (κ3) is 8.38. The topological polar surface area (TPSA) is 120 Å². The van der Waals surface area contributed by atoms with Crippen LogP contribution in [0.1, 0.15) is 73.3 Å². The smallest absolute Gasteiger partial charge is 0.355 e. The molecule has 2 rings (SSSR count). The molecule has 1 fully saturated rings. The maximum atomic E-state index is 11.8. The Labute approximate surface area is 163 Å². The monoisotopic (exact) mass is 396 g/mol. The van der Waals surface area contributed by atoms with E-state index in [1.54, 1.807) is 0 Å². The maximum absolute atomic E-state index is 11.8. The number of urea groups is 1. The number of unbranched alkanes of at least 4 members (excludes halogenated alkanes) is 2. The van der Waals surface area contributed by atoms with Gasteiger partial charge in [0.05, 0.1) is 6.54 Å². The van der Waals surface area contributed by atoms with Gasteiger partial charge in [-0.1, -0.05) is 25.7 Å². The molecule has 0 radical (unpaired) electrons. The predicted molar refractivity (Wildman–Crippen MR) is 103 cm³/mol. The minimum absolute atomic E-state index is 0.00396. The number of carboxylic acid groups (broad SMARTS) is 1. The fraction of sp³-hybridized carbons (Fsp3) is 0.667. The Hall–Kier alpha value is -2.16. The van der Waals surface area contributed by atoms with Gasteiger partial charge in [0.15, 0.2) is 5.69 Å². The molecule has 0 atom stereocenters. The molecule has 1 aromatic rings. The molecule has 4 N–H and O–H groups in total. The number of nitrogens with zero attached hydrogens (tertiary/aromatic N) is 1. The van der Waals surface area contributed by atoms with Gasteiger partial charge in [0, 0.05) is 24.4 Å². The fourth-order valence-electron chi connectivity index (χ4n) is 3.03. The van der Waals surface area contributed by atoms with Gasteiger partial charge >= 0.3 is 12.0 Å². The van der Waals surface area contributed by atoms with Gasteiger partial charge in [-0.2, -0.15) is 0 Å². The van der Waals surface area contributed by atoms with Gasteiger partial charge in [-0.3, -0.25) is 4.79 Å². The lowest BCUT2D eigenvalue weighted by Gasteiger charge is -2.22. The summed E-state index contributed by atoms with van der Waals surface area (Å²) in [4.78, 5) is 38.2. The predicted octanol–water partition coefficient (Wildman–Crippen LogP) is 2.65. The van der Waals surface area contributed by atoms with Crippen LogP contribution in [0, 0.1) is 0 Å². The van der Waals surface area contributed by atoms with Crippen molar-refractivity contribution >= 4 is 29.2 Å². The molecule has 27 heavy (non-hydrogen) atoms. The molecule has 1 aliphatic rings. The van der Waals surface area contributed by atoms with Crippen LogP contribution in [0.5, 0.6) is 0 Å². The van der Waals surface area contributed by atoms with Crippen LogP contribution in [-0.4, -0.2) is 40.6 Å². The average molecular weight is 397 g/mol. The Morgan fingerprint density at radius 2 is 1.89 bits per heavy atom. The lowest BCUT2D eigenvalue weighted by molar-refractivity contribution is -0.121. The summed E-state index contributed by atoms with van der Waals surface area (Å²) in [6.45, 7) is 0.858. The van der Waals surface area contributed by atoms with E-state index in [2.05, 4.69) is 20.9 Å². The summed E-state index contributed by atoms with van der Waals surface area (Å²) in [5, 5.41) is 19.5. The summed E-state index contributed by atoms with van der Waals surface area (Å²) >= 11 is 1.22. The zero-order valence-corrected chi connectivity index (χ0v) is 16.3. The fourth-order valence-corrected chi connectivity index (χ4v) is 3.73. The van der Waals surface area contributed by atoms with Crippen molar-refractivity contribution in [2.24, 2.45) is 0 Å². The highest BCUT2D eigenvalue weighted by molar-refractivity contribution is 7.09. The first kappa shape index (κ1) is 21.1. The van der Waals surface area contributed by atoms with Crippen LogP contribution in [-0.2, 0) is 11.3 Å². The van der Waals surface area contributed by atoms with Crippen LogP contribution in [0.25, 0.3) is 0 Å². The molecule has 1 saturated carbocycles. The molecule has 3 amide bonds. The summed E-state index contributed by atoms with van der Waals surface area (Å²) in [6.07, 6.45) is 8.63. The summed E-state index contributed by atoms with van der Waals surface area (Å²) in [6, 6.07) is 0.218. The van der Waals surface area contributed by atoms with Crippen LogP contribution in [0.15, 0.2) is 5.38 Å². The maximum Gasteiger partial charge on any atom is 0.355 e. The van der Waals surface area contributed by atoms with Crippen LogP contribution in [0.2, 0.25) is 0 Å². The molecular weight excluding hydrogens is 368 g/mol. The molecule has 0 bridgehead atoms. The van der Waals surface area contributed by atoms with E-state index in [0.29, 0.717) is 24.0 Å². The number of aromatic carboxylic acids is 1. The lowest BCUT2D eigenvalue weighted by atomic mass is 9.96. The Kier molecular flexibility index (Phi) is 9.03. The SMILES string of the molecule is O=C(CCCCCNC(=O)NC1CCCCC1)NCc1nc(C(=O)O)cs1. The van der Waals surface area contributed by atoms with Gasteiger partial charge < -0.3 is 21.1 Å². The zero-order chi connectivity index (χ0) is 19.5. The Morgan fingerprint density at radius 1 is 1.11 bits per heavy atom. The van der Waals surface area contributed by atoms with Gasteiger partial charge in [0.2, 0.25) is 5.91 Å². The molecule has 0 unspecified atom stereocenters. The molecule has 0 saturated heterocycles. The molecule has 9 heteroatoms. The van der Waals surface area contributed by atoms with Crippen LogP contribution in [0.3, 0.4) is 0 Å². The molecular formula is C18H28N4O4S. The Bertz CT molecular complexity index is 629. The molecule has 1 heterocycles. The van der Waals surface area contributed by atoms with E-state index in [0.717, 1.165) is 32.1 Å². The van der Waals surface area contributed by atoms with E-state index in [4.69, 9.17) is 5.11 Å². The van der Waals surface area contributed by atoms with E-state index in [1.165, 1.54) is 36.0 Å². The van der Waals surface area contributed by atoms with Crippen LogP contribution in [0.4, 0.5) is 4.79 Å². The van der Waals surface area contributed by atoms with Crippen LogP contribution >= 0.6 is 11.3 Å². The van der Waals surface area contributed by atoms with Crippen molar-refractivity contribution in [2.75, 3.05) is 6.54 Å². The molecule has 8 nitrogen and oxygen atoms in total. The number of thiazole rings is 1. The van der Waals surface area contributed by atoms with E-state index < -0.39 is 5.97 Å². The van der Waals surface area contributed by atoms with Crippen molar-refractivity contribution in [3.63, 3.8) is 0 Å². The van der Waals surface area contributed by atoms with Gasteiger partial charge in [-0.05, 0) is 25.7 Å². The van der Waals surface area contributed by atoms with E-state index in [9.17, 15) is 14.4 Å². The molecule has 0 aliphatic heterocycles. The highest BCUT2D eigenvalue weighted by Gasteiger charge is 2.15. The van der Waals surface area contributed by atoms with Gasteiger partial charge in [0.1, 0.15) is 5.01 Å². The summed E-state index contributed by atoms with van der Waals surface area (Å²) < 4.78 is 0. The molecule has 0 spiro atoms. The first-order chi connectivity index (χ1) is 13.0. The second-order valence-corrected chi connectivity index (χ2v) is 7.70. The van der Waals surface area contributed by atoms with E-state index in [-0.39, 0.29) is 24.2 Å². The summed E-state index contributed by atoms with van der Waals surface area (Å²) in [5.41, 5.74) is 0.00396. The van der Waals surface area contributed by atoms with Crippen molar-refractivity contribution in [2.45, 2.75) is 70.4 Å². The van der Waals surface area contributed by atoms with Gasteiger partial charge in [-0.25, -0.2) is 14.6 Å². The zero-order valence-electron chi connectivity index (χ0n) is 15.5. The highest BCUT2D eigenvalue weighted by Crippen LogP contribution is 2.17. The van der Waals surface area contributed by atoms with Gasteiger partial charge in [-0.15, -0.1) is 11.3 Å². The van der Waals surface area contributed by atoms with E-state index in [1.807, 2.05) is 0 Å². The summed E-state index contributed by atoms with van der Waals surface area (Å²) in [7, 11) is 0. The van der Waals surface area contributed by atoms with Crippen molar-refractivity contribution in [1.29, 1.82) is 0 Å². The number of aromatic nitrogens is 1. The Morgan fingerprint density at radius 3 is 2.59 bits per heavy atom. The third-order valence-electron chi connectivity index (χ3n) is 4.51. The normalized spacial score (nSPS) is 14.5. The quantitative estimate of drug-likeness (QED) is 0.453. The number of carboxylic acids is 1. The third-order valence-corrected chi connectivity index (χ3v) is 5.36. The van der Waals surface area contributed by atoms with Gasteiger partial charge in [0.25, 0.3) is 0 Å². The molecule has 0 aromatic carbocycles. The van der Waals surface area contributed by atoms with E-state index >= 15 is 0 Å². The minimum Gasteiger partial charge on any atom is -0.476 e. The number of hydrogen-bond donors (Lipinski definition) is 4.